The molecule has 1 fully saturated rings. The molecule has 1 aliphatic rings. The number of nitrogens with one attached hydrogen (secondary N) is 1. The molecule has 112 valence electrons. The fourth-order valence-electron chi connectivity index (χ4n) is 2.93. The van der Waals surface area contributed by atoms with E-state index >= 15 is 0 Å². The minimum atomic E-state index is -0.370. The van der Waals surface area contributed by atoms with Crippen LogP contribution in [-0.4, -0.2) is 24.2 Å². The lowest BCUT2D eigenvalue weighted by Gasteiger charge is -2.30. The molecule has 0 aromatic heterocycles. The standard InChI is InChI=1S/C16H31NO2/c1-5-14(13-9-7-6-8-10-13)17-12-11-15(18)19-16(2,3)4/h13-14,17H,5-12H2,1-4H3. The average molecular weight is 269 g/mol. The van der Waals surface area contributed by atoms with Crippen LogP contribution in [0.4, 0.5) is 0 Å². The summed E-state index contributed by atoms with van der Waals surface area (Å²) in [6.07, 6.45) is 8.45. The minimum Gasteiger partial charge on any atom is -0.460 e. The van der Waals surface area contributed by atoms with Crippen molar-refractivity contribution in [2.75, 3.05) is 6.54 Å². The number of rotatable bonds is 6. The molecule has 0 saturated heterocycles. The zero-order valence-corrected chi connectivity index (χ0v) is 13.1. The van der Waals surface area contributed by atoms with Gasteiger partial charge >= 0.3 is 5.97 Å². The van der Waals surface area contributed by atoms with Crippen LogP contribution >= 0.6 is 0 Å². The zero-order valence-electron chi connectivity index (χ0n) is 13.1. The van der Waals surface area contributed by atoms with E-state index in [2.05, 4.69) is 12.2 Å². The third-order valence-electron chi connectivity index (χ3n) is 3.81. The first-order chi connectivity index (χ1) is 8.92. The Balaban J connectivity index is 2.23. The molecule has 1 aliphatic carbocycles. The molecule has 3 heteroatoms. The van der Waals surface area contributed by atoms with Crippen molar-refractivity contribution in [1.29, 1.82) is 0 Å². The topological polar surface area (TPSA) is 38.3 Å². The summed E-state index contributed by atoms with van der Waals surface area (Å²) in [6, 6.07) is 0.572. The van der Waals surface area contributed by atoms with E-state index in [1.165, 1.54) is 32.1 Å². The third-order valence-corrected chi connectivity index (χ3v) is 3.81. The van der Waals surface area contributed by atoms with Gasteiger partial charge in [0.1, 0.15) is 5.60 Å². The maximum absolute atomic E-state index is 11.6. The Morgan fingerprint density at radius 2 is 1.89 bits per heavy atom. The van der Waals surface area contributed by atoms with E-state index in [-0.39, 0.29) is 11.6 Å². The van der Waals surface area contributed by atoms with Gasteiger partial charge in [0, 0.05) is 12.6 Å². The van der Waals surface area contributed by atoms with Crippen molar-refractivity contribution in [2.45, 2.75) is 84.3 Å². The Morgan fingerprint density at radius 1 is 1.26 bits per heavy atom. The molecule has 1 rings (SSSR count). The first-order valence-electron chi connectivity index (χ1n) is 7.87. The van der Waals surface area contributed by atoms with Crippen LogP contribution in [-0.2, 0) is 9.53 Å². The van der Waals surface area contributed by atoms with Gasteiger partial charge in [-0.1, -0.05) is 26.2 Å². The normalized spacial score (nSPS) is 19.2. The van der Waals surface area contributed by atoms with Gasteiger partial charge in [0.2, 0.25) is 0 Å². The third kappa shape index (κ3) is 6.95. The van der Waals surface area contributed by atoms with Gasteiger partial charge in [0.05, 0.1) is 6.42 Å². The van der Waals surface area contributed by atoms with Crippen LogP contribution in [0.3, 0.4) is 0 Å². The van der Waals surface area contributed by atoms with Crippen LogP contribution in [0.1, 0.15) is 72.6 Å². The minimum absolute atomic E-state index is 0.0986. The summed E-state index contributed by atoms with van der Waals surface area (Å²) in [6.45, 7) is 8.71. The number of esters is 1. The lowest BCUT2D eigenvalue weighted by atomic mass is 9.83. The number of hydrogen-bond donors (Lipinski definition) is 1. The van der Waals surface area contributed by atoms with Gasteiger partial charge in [-0.2, -0.15) is 0 Å². The van der Waals surface area contributed by atoms with Gasteiger partial charge in [0.25, 0.3) is 0 Å². The summed E-state index contributed by atoms with van der Waals surface area (Å²) in [5, 5.41) is 3.55. The van der Waals surface area contributed by atoms with E-state index in [0.717, 1.165) is 18.9 Å². The van der Waals surface area contributed by atoms with Crippen LogP contribution in [0.5, 0.6) is 0 Å². The second-order valence-corrected chi connectivity index (χ2v) is 6.70. The Hall–Kier alpha value is -0.570. The van der Waals surface area contributed by atoms with E-state index in [1.54, 1.807) is 0 Å². The van der Waals surface area contributed by atoms with Crippen LogP contribution < -0.4 is 5.32 Å². The number of carbonyl (C=O) groups excluding carboxylic acids is 1. The molecular weight excluding hydrogens is 238 g/mol. The van der Waals surface area contributed by atoms with Crippen LogP contribution in [0.15, 0.2) is 0 Å². The van der Waals surface area contributed by atoms with Gasteiger partial charge < -0.3 is 10.1 Å². The van der Waals surface area contributed by atoms with Crippen molar-refractivity contribution in [3.63, 3.8) is 0 Å². The largest absolute Gasteiger partial charge is 0.460 e. The Kier molecular flexibility index (Phi) is 6.84. The van der Waals surface area contributed by atoms with E-state index in [0.29, 0.717) is 12.5 Å². The lowest BCUT2D eigenvalue weighted by molar-refractivity contribution is -0.154. The molecule has 1 atom stereocenters. The molecule has 1 saturated carbocycles. The Labute approximate surface area is 118 Å². The van der Waals surface area contributed by atoms with Gasteiger partial charge in [-0.3, -0.25) is 4.79 Å². The molecule has 1 unspecified atom stereocenters. The summed E-state index contributed by atoms with van der Waals surface area (Å²) in [7, 11) is 0. The van der Waals surface area contributed by atoms with Crippen molar-refractivity contribution >= 4 is 5.97 Å². The predicted octanol–water partition coefficient (Wildman–Crippen LogP) is 3.67. The molecule has 0 aromatic carbocycles. The van der Waals surface area contributed by atoms with Gasteiger partial charge in [-0.15, -0.1) is 0 Å². The second kappa shape index (κ2) is 7.88. The molecule has 19 heavy (non-hydrogen) atoms. The second-order valence-electron chi connectivity index (χ2n) is 6.70. The maximum Gasteiger partial charge on any atom is 0.307 e. The molecule has 0 aromatic rings. The first kappa shape index (κ1) is 16.5. The van der Waals surface area contributed by atoms with Crippen molar-refractivity contribution < 1.29 is 9.53 Å². The SMILES string of the molecule is CCC(NCCC(=O)OC(C)(C)C)C1CCCCC1. The molecule has 0 spiro atoms. The molecule has 0 amide bonds. The predicted molar refractivity (Wildman–Crippen MR) is 79.1 cm³/mol. The molecule has 0 radical (unpaired) electrons. The highest BCUT2D eigenvalue weighted by Gasteiger charge is 2.22. The van der Waals surface area contributed by atoms with Gasteiger partial charge in [0.15, 0.2) is 0 Å². The molecule has 0 heterocycles. The molecular formula is C16H31NO2. The molecule has 1 N–H and O–H groups in total. The van der Waals surface area contributed by atoms with Gasteiger partial charge in [-0.05, 0) is 46.0 Å². The van der Waals surface area contributed by atoms with Crippen LogP contribution in [0.2, 0.25) is 0 Å². The Bertz CT molecular complexity index is 264. The van der Waals surface area contributed by atoms with Crippen molar-refractivity contribution in [3.8, 4) is 0 Å². The summed E-state index contributed by atoms with van der Waals surface area (Å²) >= 11 is 0. The number of hydrogen-bond acceptors (Lipinski definition) is 3. The van der Waals surface area contributed by atoms with E-state index in [9.17, 15) is 4.79 Å². The van der Waals surface area contributed by atoms with Crippen LogP contribution in [0, 0.1) is 5.92 Å². The zero-order chi connectivity index (χ0) is 14.3. The van der Waals surface area contributed by atoms with E-state index in [1.807, 2.05) is 20.8 Å². The molecule has 0 bridgehead atoms. The van der Waals surface area contributed by atoms with Crippen LogP contribution in [0.25, 0.3) is 0 Å². The van der Waals surface area contributed by atoms with E-state index < -0.39 is 0 Å². The monoisotopic (exact) mass is 269 g/mol. The number of ether oxygens (including phenoxy) is 1. The highest BCUT2D eigenvalue weighted by atomic mass is 16.6. The van der Waals surface area contributed by atoms with Crippen molar-refractivity contribution in [3.05, 3.63) is 0 Å². The maximum atomic E-state index is 11.6. The van der Waals surface area contributed by atoms with Crippen molar-refractivity contribution in [2.24, 2.45) is 5.92 Å². The summed E-state index contributed by atoms with van der Waals surface area (Å²) in [5.41, 5.74) is -0.370. The number of carbonyl (C=O) groups is 1. The molecule has 3 nitrogen and oxygen atoms in total. The lowest BCUT2D eigenvalue weighted by Crippen LogP contribution is -2.38. The fraction of sp³-hybridized carbons (Fsp3) is 0.938. The Morgan fingerprint density at radius 3 is 2.42 bits per heavy atom. The molecule has 0 aliphatic heterocycles. The highest BCUT2D eigenvalue weighted by molar-refractivity contribution is 5.70. The smallest absolute Gasteiger partial charge is 0.307 e. The van der Waals surface area contributed by atoms with Crippen molar-refractivity contribution in [1.82, 2.24) is 5.32 Å². The quantitative estimate of drug-likeness (QED) is 0.748. The fourth-order valence-corrected chi connectivity index (χ4v) is 2.93. The summed E-state index contributed by atoms with van der Waals surface area (Å²) < 4.78 is 5.32. The van der Waals surface area contributed by atoms with E-state index in [4.69, 9.17) is 4.74 Å². The highest BCUT2D eigenvalue weighted by Crippen LogP contribution is 2.27. The van der Waals surface area contributed by atoms with Gasteiger partial charge in [-0.25, -0.2) is 0 Å². The summed E-state index contributed by atoms with van der Waals surface area (Å²) in [4.78, 5) is 11.6. The first-order valence-corrected chi connectivity index (χ1v) is 7.87. The average Bonchev–Trinajstić information content (AvgIpc) is 2.33. The summed E-state index contributed by atoms with van der Waals surface area (Å²) in [5.74, 6) is 0.705.